The van der Waals surface area contributed by atoms with Crippen molar-refractivity contribution in [3.8, 4) is 0 Å². The summed E-state index contributed by atoms with van der Waals surface area (Å²) in [5, 5.41) is 3.34. The third-order valence-corrected chi connectivity index (χ3v) is 4.69. The Morgan fingerprint density at radius 1 is 1.23 bits per heavy atom. The van der Waals surface area contributed by atoms with E-state index in [4.69, 9.17) is 4.42 Å². The molecule has 1 amide bonds. The van der Waals surface area contributed by atoms with Gasteiger partial charge in [-0.1, -0.05) is 6.92 Å². The lowest BCUT2D eigenvalue weighted by molar-refractivity contribution is -0.140. The van der Waals surface area contributed by atoms with Crippen LogP contribution >= 0.6 is 0 Å². The fourth-order valence-corrected chi connectivity index (χ4v) is 3.30. The van der Waals surface area contributed by atoms with Gasteiger partial charge in [-0.25, -0.2) is 0 Å². The number of piperazine rings is 2. The molecule has 6 heteroatoms. The van der Waals surface area contributed by atoms with Crippen LogP contribution in [0.25, 0.3) is 0 Å². The van der Waals surface area contributed by atoms with E-state index in [0.29, 0.717) is 0 Å². The van der Waals surface area contributed by atoms with Crippen molar-refractivity contribution in [2.24, 2.45) is 0 Å². The average molecular weight is 306 g/mol. The molecule has 6 nitrogen and oxygen atoms in total. The van der Waals surface area contributed by atoms with Crippen LogP contribution in [0.1, 0.15) is 18.7 Å². The fraction of sp³-hybridized carbons (Fsp3) is 0.688. The topological polar surface area (TPSA) is 52.0 Å². The molecule has 1 N–H and O–H groups in total. The summed E-state index contributed by atoms with van der Waals surface area (Å²) in [6.07, 6.45) is 1.66. The summed E-state index contributed by atoms with van der Waals surface area (Å²) in [6.45, 7) is 10.4. The van der Waals surface area contributed by atoms with Crippen LogP contribution in [-0.4, -0.2) is 79.5 Å². The van der Waals surface area contributed by atoms with Crippen molar-refractivity contribution in [3.05, 3.63) is 24.2 Å². The lowest BCUT2D eigenvalue weighted by Crippen LogP contribution is -2.54. The SMILES string of the molecule is CCN1CCN(C(=O)C(c2ccco2)N2CCNCC2)CC1. The van der Waals surface area contributed by atoms with Crippen molar-refractivity contribution in [3.63, 3.8) is 0 Å². The Morgan fingerprint density at radius 3 is 2.55 bits per heavy atom. The molecule has 3 heterocycles. The molecule has 1 unspecified atom stereocenters. The molecule has 0 aliphatic carbocycles. The second-order valence-electron chi connectivity index (χ2n) is 5.96. The molecule has 0 radical (unpaired) electrons. The van der Waals surface area contributed by atoms with Crippen LogP contribution in [0.2, 0.25) is 0 Å². The number of nitrogens with one attached hydrogen (secondary N) is 1. The van der Waals surface area contributed by atoms with Gasteiger partial charge in [-0.15, -0.1) is 0 Å². The second kappa shape index (κ2) is 7.26. The number of carbonyl (C=O) groups excluding carboxylic acids is 1. The van der Waals surface area contributed by atoms with Crippen LogP contribution in [0, 0.1) is 0 Å². The minimum absolute atomic E-state index is 0.188. The number of nitrogens with zero attached hydrogens (tertiary/aromatic N) is 3. The molecule has 0 saturated carbocycles. The van der Waals surface area contributed by atoms with Gasteiger partial charge < -0.3 is 19.5 Å². The van der Waals surface area contributed by atoms with Crippen molar-refractivity contribution < 1.29 is 9.21 Å². The van der Waals surface area contributed by atoms with Crippen LogP contribution in [0.15, 0.2) is 22.8 Å². The zero-order valence-electron chi connectivity index (χ0n) is 13.3. The first kappa shape index (κ1) is 15.5. The zero-order chi connectivity index (χ0) is 15.4. The van der Waals surface area contributed by atoms with Crippen LogP contribution in [0.3, 0.4) is 0 Å². The molecule has 3 rings (SSSR count). The lowest BCUT2D eigenvalue weighted by Gasteiger charge is -2.39. The van der Waals surface area contributed by atoms with Crippen molar-refractivity contribution in [1.29, 1.82) is 0 Å². The highest BCUT2D eigenvalue weighted by atomic mass is 16.3. The minimum Gasteiger partial charge on any atom is -0.467 e. The van der Waals surface area contributed by atoms with E-state index in [1.807, 2.05) is 17.0 Å². The predicted octanol–water partition coefficient (Wildman–Crippen LogP) is 0.390. The van der Waals surface area contributed by atoms with Crippen LogP contribution < -0.4 is 5.32 Å². The summed E-state index contributed by atoms with van der Waals surface area (Å²) in [6, 6.07) is 3.52. The highest BCUT2D eigenvalue weighted by molar-refractivity contribution is 5.82. The van der Waals surface area contributed by atoms with Gasteiger partial charge >= 0.3 is 0 Å². The summed E-state index contributed by atoms with van der Waals surface area (Å²) in [5.74, 6) is 0.956. The van der Waals surface area contributed by atoms with Gasteiger partial charge in [0.25, 0.3) is 0 Å². The van der Waals surface area contributed by atoms with E-state index >= 15 is 0 Å². The van der Waals surface area contributed by atoms with E-state index in [0.717, 1.165) is 64.7 Å². The molecule has 22 heavy (non-hydrogen) atoms. The van der Waals surface area contributed by atoms with Crippen molar-refractivity contribution >= 4 is 5.91 Å². The molecule has 2 fully saturated rings. The highest BCUT2D eigenvalue weighted by Crippen LogP contribution is 2.24. The maximum atomic E-state index is 13.1. The van der Waals surface area contributed by atoms with E-state index < -0.39 is 0 Å². The van der Waals surface area contributed by atoms with Crippen LogP contribution in [0.4, 0.5) is 0 Å². The number of likely N-dealkylation sites (N-methyl/N-ethyl adjacent to an activating group) is 1. The number of hydrogen-bond donors (Lipinski definition) is 1. The Balaban J connectivity index is 1.72. The summed E-state index contributed by atoms with van der Waals surface area (Å²) < 4.78 is 5.58. The molecule has 0 spiro atoms. The number of carbonyl (C=O) groups is 1. The molecule has 1 aromatic rings. The van der Waals surface area contributed by atoms with Gasteiger partial charge in [0.2, 0.25) is 5.91 Å². The van der Waals surface area contributed by atoms with Gasteiger partial charge in [0.05, 0.1) is 6.26 Å². The highest BCUT2D eigenvalue weighted by Gasteiger charge is 2.35. The standard InChI is InChI=1S/C16H26N4O2/c1-2-18-9-11-20(12-10-18)16(21)15(14-4-3-13-22-14)19-7-5-17-6-8-19/h3-4,13,15,17H,2,5-12H2,1H3. The normalized spacial score (nSPS) is 22.7. The molecule has 122 valence electrons. The van der Waals surface area contributed by atoms with E-state index in [2.05, 4.69) is 22.0 Å². The molecular weight excluding hydrogens is 280 g/mol. The third-order valence-electron chi connectivity index (χ3n) is 4.69. The van der Waals surface area contributed by atoms with Crippen molar-refractivity contribution in [2.75, 3.05) is 58.9 Å². The monoisotopic (exact) mass is 306 g/mol. The second-order valence-corrected chi connectivity index (χ2v) is 5.96. The number of furan rings is 1. The van der Waals surface area contributed by atoms with E-state index in [1.54, 1.807) is 6.26 Å². The largest absolute Gasteiger partial charge is 0.467 e. The number of rotatable bonds is 4. The van der Waals surface area contributed by atoms with Gasteiger partial charge in [-0.05, 0) is 18.7 Å². The molecule has 2 aliphatic heterocycles. The van der Waals surface area contributed by atoms with Crippen molar-refractivity contribution in [2.45, 2.75) is 13.0 Å². The quantitative estimate of drug-likeness (QED) is 0.872. The molecule has 1 aromatic heterocycles. The predicted molar refractivity (Wildman–Crippen MR) is 84.6 cm³/mol. The molecular formula is C16H26N4O2. The number of amides is 1. The third kappa shape index (κ3) is 3.34. The van der Waals surface area contributed by atoms with E-state index in [-0.39, 0.29) is 11.9 Å². The average Bonchev–Trinajstić information content (AvgIpc) is 3.10. The summed E-state index contributed by atoms with van der Waals surface area (Å²) in [7, 11) is 0. The Morgan fingerprint density at radius 2 is 1.95 bits per heavy atom. The molecule has 0 aromatic carbocycles. The fourth-order valence-electron chi connectivity index (χ4n) is 3.30. The van der Waals surface area contributed by atoms with E-state index in [9.17, 15) is 4.79 Å². The molecule has 2 saturated heterocycles. The molecule has 0 bridgehead atoms. The lowest BCUT2D eigenvalue weighted by atomic mass is 10.1. The smallest absolute Gasteiger partial charge is 0.247 e. The first-order valence-corrected chi connectivity index (χ1v) is 8.29. The van der Waals surface area contributed by atoms with Crippen LogP contribution in [0.5, 0.6) is 0 Å². The van der Waals surface area contributed by atoms with Gasteiger partial charge in [0.1, 0.15) is 11.8 Å². The maximum Gasteiger partial charge on any atom is 0.247 e. The van der Waals surface area contributed by atoms with Gasteiger partial charge in [0, 0.05) is 52.4 Å². The van der Waals surface area contributed by atoms with Gasteiger partial charge in [-0.3, -0.25) is 9.69 Å². The first-order valence-electron chi connectivity index (χ1n) is 8.29. The minimum atomic E-state index is -0.273. The Bertz CT molecular complexity index is 463. The Kier molecular flexibility index (Phi) is 5.12. The maximum absolute atomic E-state index is 13.1. The Labute approximate surface area is 132 Å². The van der Waals surface area contributed by atoms with E-state index in [1.165, 1.54) is 0 Å². The molecule has 1 atom stereocenters. The first-order chi connectivity index (χ1) is 10.8. The van der Waals surface area contributed by atoms with Crippen LogP contribution in [-0.2, 0) is 4.79 Å². The summed E-state index contributed by atoms with van der Waals surface area (Å²) in [5.41, 5.74) is 0. The summed E-state index contributed by atoms with van der Waals surface area (Å²) in [4.78, 5) is 19.7. The number of hydrogen-bond acceptors (Lipinski definition) is 5. The van der Waals surface area contributed by atoms with Gasteiger partial charge in [-0.2, -0.15) is 0 Å². The molecule has 2 aliphatic rings. The Hall–Kier alpha value is -1.37. The summed E-state index contributed by atoms with van der Waals surface area (Å²) >= 11 is 0. The zero-order valence-corrected chi connectivity index (χ0v) is 13.3. The van der Waals surface area contributed by atoms with Crippen molar-refractivity contribution in [1.82, 2.24) is 20.0 Å². The van der Waals surface area contributed by atoms with Gasteiger partial charge in [0.15, 0.2) is 0 Å².